The first-order valence-corrected chi connectivity index (χ1v) is 6.12. The number of aryl methyl sites for hydroxylation is 1. The van der Waals surface area contributed by atoms with Gasteiger partial charge in [0.1, 0.15) is 5.56 Å². The van der Waals surface area contributed by atoms with Gasteiger partial charge in [-0.15, -0.1) is 0 Å². The zero-order valence-corrected chi connectivity index (χ0v) is 11.0. The second-order valence-electron chi connectivity index (χ2n) is 4.55. The zero-order chi connectivity index (χ0) is 14.4. The molecule has 3 N–H and O–H groups in total. The van der Waals surface area contributed by atoms with Gasteiger partial charge in [0.15, 0.2) is 5.43 Å². The van der Waals surface area contributed by atoms with Gasteiger partial charge in [-0.25, -0.2) is 0 Å². The molecule has 1 amide bonds. The van der Waals surface area contributed by atoms with Gasteiger partial charge in [0, 0.05) is 30.4 Å². The quantitative estimate of drug-likeness (QED) is 0.716. The molecule has 0 aromatic carbocycles. The van der Waals surface area contributed by atoms with Gasteiger partial charge in [-0.05, 0) is 26.7 Å². The molecule has 0 saturated heterocycles. The number of rotatable bonds is 6. The molecule has 1 rings (SSSR count). The van der Waals surface area contributed by atoms with E-state index in [1.165, 1.54) is 12.3 Å². The van der Waals surface area contributed by atoms with Gasteiger partial charge in [0.25, 0.3) is 5.91 Å². The van der Waals surface area contributed by atoms with E-state index >= 15 is 0 Å². The minimum absolute atomic E-state index is 0.0654. The van der Waals surface area contributed by atoms with Crippen LogP contribution in [0.25, 0.3) is 0 Å². The minimum Gasteiger partial charge on any atom is -0.481 e. The van der Waals surface area contributed by atoms with Crippen LogP contribution in [0.4, 0.5) is 0 Å². The van der Waals surface area contributed by atoms with Crippen molar-refractivity contribution in [1.82, 2.24) is 10.3 Å². The van der Waals surface area contributed by atoms with E-state index < -0.39 is 11.9 Å². The van der Waals surface area contributed by atoms with Crippen molar-refractivity contribution in [2.75, 3.05) is 0 Å². The first-order valence-electron chi connectivity index (χ1n) is 6.12. The van der Waals surface area contributed by atoms with Crippen molar-refractivity contribution in [3.05, 3.63) is 33.7 Å². The van der Waals surface area contributed by atoms with E-state index in [0.29, 0.717) is 18.5 Å². The molecule has 0 radical (unpaired) electrons. The van der Waals surface area contributed by atoms with Gasteiger partial charge < -0.3 is 15.4 Å². The predicted molar refractivity (Wildman–Crippen MR) is 70.2 cm³/mol. The normalized spacial score (nSPS) is 11.9. The van der Waals surface area contributed by atoms with Crippen molar-refractivity contribution in [3.8, 4) is 0 Å². The van der Waals surface area contributed by atoms with Crippen LogP contribution in [0.1, 0.15) is 42.2 Å². The number of carbonyl (C=O) groups is 2. The van der Waals surface area contributed by atoms with Crippen LogP contribution in [0.15, 0.2) is 17.1 Å². The highest BCUT2D eigenvalue weighted by Gasteiger charge is 2.13. The summed E-state index contributed by atoms with van der Waals surface area (Å²) in [5, 5.41) is 11.2. The summed E-state index contributed by atoms with van der Waals surface area (Å²) in [4.78, 5) is 36.6. The Kier molecular flexibility index (Phi) is 5.29. The smallest absolute Gasteiger partial charge is 0.303 e. The summed E-state index contributed by atoms with van der Waals surface area (Å²) >= 11 is 0. The Morgan fingerprint density at radius 2 is 2.16 bits per heavy atom. The Hall–Kier alpha value is -2.11. The third-order valence-corrected chi connectivity index (χ3v) is 2.71. The third-order valence-electron chi connectivity index (χ3n) is 2.71. The fourth-order valence-electron chi connectivity index (χ4n) is 1.68. The lowest BCUT2D eigenvalue weighted by Gasteiger charge is -2.12. The van der Waals surface area contributed by atoms with Crippen LogP contribution < -0.4 is 10.7 Å². The maximum atomic E-state index is 11.8. The Morgan fingerprint density at radius 3 is 2.74 bits per heavy atom. The van der Waals surface area contributed by atoms with Crippen molar-refractivity contribution in [2.24, 2.45) is 0 Å². The van der Waals surface area contributed by atoms with Gasteiger partial charge in [0.05, 0.1) is 0 Å². The number of aromatic amines is 1. The molecule has 0 saturated carbocycles. The number of carboxylic acid groups (broad SMARTS) is 1. The maximum Gasteiger partial charge on any atom is 0.303 e. The fourth-order valence-corrected chi connectivity index (χ4v) is 1.68. The molecule has 0 spiro atoms. The highest BCUT2D eigenvalue weighted by atomic mass is 16.4. The molecule has 19 heavy (non-hydrogen) atoms. The number of carbonyl (C=O) groups excluding carboxylic acids is 1. The largest absolute Gasteiger partial charge is 0.481 e. The molecule has 6 nitrogen and oxygen atoms in total. The number of aromatic nitrogens is 1. The molecular formula is C13H18N2O4. The fraction of sp³-hybridized carbons (Fsp3) is 0.462. The Balaban J connectivity index is 2.54. The summed E-state index contributed by atoms with van der Waals surface area (Å²) in [6.45, 7) is 3.51. The number of pyridine rings is 1. The van der Waals surface area contributed by atoms with Gasteiger partial charge in [-0.3, -0.25) is 14.4 Å². The summed E-state index contributed by atoms with van der Waals surface area (Å²) in [6.07, 6.45) is 2.51. The number of aliphatic carboxylic acids is 1. The number of hydrogen-bond acceptors (Lipinski definition) is 3. The van der Waals surface area contributed by atoms with Crippen molar-refractivity contribution >= 4 is 11.9 Å². The highest BCUT2D eigenvalue weighted by molar-refractivity contribution is 5.93. The van der Waals surface area contributed by atoms with Crippen LogP contribution in [0.5, 0.6) is 0 Å². The van der Waals surface area contributed by atoms with Crippen LogP contribution in [-0.2, 0) is 4.79 Å². The predicted octanol–water partition coefficient (Wildman–Crippen LogP) is 1.06. The molecule has 1 unspecified atom stereocenters. The Labute approximate surface area is 110 Å². The number of carboxylic acids is 1. The van der Waals surface area contributed by atoms with Crippen LogP contribution in [0, 0.1) is 6.92 Å². The van der Waals surface area contributed by atoms with Gasteiger partial charge >= 0.3 is 5.97 Å². The molecule has 1 heterocycles. The second-order valence-corrected chi connectivity index (χ2v) is 4.55. The molecule has 104 valence electrons. The van der Waals surface area contributed by atoms with Gasteiger partial charge in [-0.2, -0.15) is 0 Å². The summed E-state index contributed by atoms with van der Waals surface area (Å²) < 4.78 is 0. The molecule has 0 aliphatic rings. The highest BCUT2D eigenvalue weighted by Crippen LogP contribution is 2.02. The lowest BCUT2D eigenvalue weighted by molar-refractivity contribution is -0.137. The molecule has 1 aromatic rings. The van der Waals surface area contributed by atoms with E-state index in [1.54, 1.807) is 13.8 Å². The molecule has 0 fully saturated rings. The van der Waals surface area contributed by atoms with E-state index in [4.69, 9.17) is 5.11 Å². The third kappa shape index (κ3) is 4.95. The topological polar surface area (TPSA) is 99.3 Å². The molecule has 1 aromatic heterocycles. The van der Waals surface area contributed by atoms with Crippen molar-refractivity contribution < 1.29 is 14.7 Å². The lowest BCUT2D eigenvalue weighted by Crippen LogP contribution is -2.35. The maximum absolute atomic E-state index is 11.8. The van der Waals surface area contributed by atoms with E-state index in [1.807, 2.05) is 0 Å². The van der Waals surface area contributed by atoms with Gasteiger partial charge in [-0.1, -0.05) is 0 Å². The van der Waals surface area contributed by atoms with Crippen molar-refractivity contribution in [2.45, 2.75) is 39.2 Å². The van der Waals surface area contributed by atoms with E-state index in [9.17, 15) is 14.4 Å². The number of nitrogens with one attached hydrogen (secondary N) is 2. The molecule has 0 aliphatic carbocycles. The van der Waals surface area contributed by atoms with Crippen LogP contribution in [-0.4, -0.2) is 28.0 Å². The second kappa shape index (κ2) is 6.72. The Morgan fingerprint density at radius 1 is 1.47 bits per heavy atom. The van der Waals surface area contributed by atoms with Crippen molar-refractivity contribution in [1.29, 1.82) is 0 Å². The molecule has 1 atom stereocenters. The van der Waals surface area contributed by atoms with E-state index in [0.717, 1.165) is 0 Å². The average molecular weight is 266 g/mol. The summed E-state index contributed by atoms with van der Waals surface area (Å²) in [5.41, 5.74) is 0.429. The van der Waals surface area contributed by atoms with E-state index in [2.05, 4.69) is 10.3 Å². The standard InChI is InChI=1S/C13H18N2O4/c1-8(4-3-5-12(17)18)15-13(19)10-7-14-9(2)6-11(10)16/h6-8H,3-5H2,1-2H3,(H,14,16)(H,15,19)(H,17,18). The number of H-pyrrole nitrogens is 1. The van der Waals surface area contributed by atoms with Crippen LogP contribution in [0.2, 0.25) is 0 Å². The van der Waals surface area contributed by atoms with Crippen LogP contribution >= 0.6 is 0 Å². The van der Waals surface area contributed by atoms with E-state index in [-0.39, 0.29) is 23.5 Å². The summed E-state index contributed by atoms with van der Waals surface area (Å²) in [6, 6.07) is 1.19. The van der Waals surface area contributed by atoms with Crippen molar-refractivity contribution in [3.63, 3.8) is 0 Å². The minimum atomic E-state index is -0.853. The number of amides is 1. The molecule has 6 heteroatoms. The monoisotopic (exact) mass is 266 g/mol. The zero-order valence-electron chi connectivity index (χ0n) is 11.0. The SMILES string of the molecule is Cc1cc(=O)c(C(=O)NC(C)CCCC(=O)O)c[nH]1. The Bertz CT molecular complexity index is 522. The molecule has 0 bridgehead atoms. The lowest BCUT2D eigenvalue weighted by atomic mass is 10.1. The average Bonchev–Trinajstić information content (AvgIpc) is 2.27. The first-order chi connectivity index (χ1) is 8.90. The number of hydrogen-bond donors (Lipinski definition) is 3. The van der Waals surface area contributed by atoms with Gasteiger partial charge in [0.2, 0.25) is 0 Å². The summed E-state index contributed by atoms with van der Waals surface area (Å²) in [5.74, 6) is -1.29. The van der Waals surface area contributed by atoms with Crippen LogP contribution in [0.3, 0.4) is 0 Å². The first kappa shape index (κ1) is 14.9. The summed E-state index contributed by atoms with van der Waals surface area (Å²) in [7, 11) is 0. The molecule has 0 aliphatic heterocycles. The molecular weight excluding hydrogens is 248 g/mol.